The van der Waals surface area contributed by atoms with Crippen molar-refractivity contribution in [3.05, 3.63) is 108 Å². The van der Waals surface area contributed by atoms with E-state index in [9.17, 15) is 0 Å². The minimum absolute atomic E-state index is 0.867. The summed E-state index contributed by atoms with van der Waals surface area (Å²) in [6, 6.07) is 30.7. The third kappa shape index (κ3) is 6.06. The lowest BCUT2D eigenvalue weighted by Gasteiger charge is -2.24. The minimum atomic E-state index is 0.867. The van der Waals surface area contributed by atoms with Crippen LogP contribution in [0, 0.1) is 0 Å². The van der Waals surface area contributed by atoms with Gasteiger partial charge in [0.15, 0.2) is 0 Å². The fourth-order valence-corrected chi connectivity index (χ4v) is 5.20. The quantitative estimate of drug-likeness (QED) is 0.229. The number of benzene rings is 3. The van der Waals surface area contributed by atoms with Crippen LogP contribution in [0.25, 0.3) is 11.4 Å². The molecule has 36 heavy (non-hydrogen) atoms. The van der Waals surface area contributed by atoms with Crippen molar-refractivity contribution < 1.29 is 0 Å². The molecule has 0 aliphatic carbocycles. The van der Waals surface area contributed by atoms with Crippen molar-refractivity contribution in [2.45, 2.75) is 58.8 Å². The number of nitrogens with zero attached hydrogens (tertiary/aromatic N) is 4. The minimum Gasteiger partial charge on any atom is -0.372 e. The highest BCUT2D eigenvalue weighted by Crippen LogP contribution is 2.24. The van der Waals surface area contributed by atoms with Crippen molar-refractivity contribution in [1.82, 2.24) is 14.5 Å². The molecule has 0 radical (unpaired) electrons. The summed E-state index contributed by atoms with van der Waals surface area (Å²) in [6.45, 7) is 8.32. The van der Waals surface area contributed by atoms with E-state index in [0.717, 1.165) is 38.4 Å². The first-order chi connectivity index (χ1) is 17.8. The number of anilines is 1. The molecule has 3 aromatic carbocycles. The summed E-state index contributed by atoms with van der Waals surface area (Å²) in [5, 5.41) is 0. The van der Waals surface area contributed by atoms with Gasteiger partial charge < -0.3 is 9.47 Å². The fraction of sp³-hybridized carbons (Fsp3) is 0.344. The highest BCUT2D eigenvalue weighted by atomic mass is 15.2. The molecule has 1 aliphatic heterocycles. The second-order valence-electron chi connectivity index (χ2n) is 9.94. The summed E-state index contributed by atoms with van der Waals surface area (Å²) in [6.07, 6.45) is 7.03. The molecule has 0 atom stereocenters. The van der Waals surface area contributed by atoms with Crippen LogP contribution in [0.5, 0.6) is 0 Å². The van der Waals surface area contributed by atoms with Crippen LogP contribution in [0.1, 0.15) is 49.4 Å². The van der Waals surface area contributed by atoms with E-state index in [2.05, 4.69) is 112 Å². The number of unbranched alkanes of at least 4 members (excludes halogenated alkanes) is 1. The number of rotatable bonds is 11. The number of hydrogen-bond donors (Lipinski definition) is 0. The van der Waals surface area contributed by atoms with Gasteiger partial charge in [0.1, 0.15) is 5.82 Å². The van der Waals surface area contributed by atoms with Crippen LogP contribution < -0.4 is 4.90 Å². The molecule has 4 heteroatoms. The summed E-state index contributed by atoms with van der Waals surface area (Å²) in [7, 11) is 0. The van der Waals surface area contributed by atoms with Gasteiger partial charge in [-0.15, -0.1) is 0 Å². The first-order valence-corrected chi connectivity index (χ1v) is 13.5. The van der Waals surface area contributed by atoms with Gasteiger partial charge in [-0.05, 0) is 42.5 Å². The molecule has 0 N–H and O–H groups in total. The molecule has 4 aromatic rings. The van der Waals surface area contributed by atoms with Crippen LogP contribution in [0.15, 0.2) is 91.1 Å². The van der Waals surface area contributed by atoms with Crippen LogP contribution in [0.4, 0.5) is 5.69 Å². The summed E-state index contributed by atoms with van der Waals surface area (Å²) >= 11 is 0. The summed E-state index contributed by atoms with van der Waals surface area (Å²) in [5.74, 6) is 1.08. The predicted molar refractivity (Wildman–Crippen MR) is 150 cm³/mol. The molecule has 1 aliphatic rings. The molecule has 2 heterocycles. The topological polar surface area (TPSA) is 24.3 Å². The third-order valence-corrected chi connectivity index (χ3v) is 7.15. The van der Waals surface area contributed by atoms with E-state index in [4.69, 9.17) is 4.98 Å². The Kier molecular flexibility index (Phi) is 8.14. The molecule has 4 nitrogen and oxygen atoms in total. The van der Waals surface area contributed by atoms with Gasteiger partial charge >= 0.3 is 0 Å². The van der Waals surface area contributed by atoms with E-state index >= 15 is 0 Å². The molecular formula is C32H38N4. The average Bonchev–Trinajstić information content (AvgIpc) is 3.60. The molecule has 1 aromatic heterocycles. The van der Waals surface area contributed by atoms with E-state index in [0.29, 0.717) is 0 Å². The zero-order chi connectivity index (χ0) is 24.6. The van der Waals surface area contributed by atoms with Crippen LogP contribution in [0.2, 0.25) is 0 Å². The second-order valence-corrected chi connectivity index (χ2v) is 9.94. The van der Waals surface area contributed by atoms with Gasteiger partial charge in [-0.3, -0.25) is 4.90 Å². The number of hydrogen-bond acceptors (Lipinski definition) is 3. The highest BCUT2D eigenvalue weighted by molar-refractivity contribution is 5.56. The van der Waals surface area contributed by atoms with Gasteiger partial charge in [0.05, 0.1) is 11.9 Å². The Morgan fingerprint density at radius 3 is 2.06 bits per heavy atom. The molecular weight excluding hydrogens is 440 g/mol. The lowest BCUT2D eigenvalue weighted by Crippen LogP contribution is -2.24. The van der Waals surface area contributed by atoms with Gasteiger partial charge in [-0.1, -0.05) is 86.1 Å². The highest BCUT2D eigenvalue weighted by Gasteiger charge is 2.17. The molecule has 0 saturated carbocycles. The Labute approximate surface area is 216 Å². The number of imidazole rings is 1. The second kappa shape index (κ2) is 12.0. The van der Waals surface area contributed by atoms with Crippen LogP contribution >= 0.6 is 0 Å². The maximum absolute atomic E-state index is 4.89. The normalized spacial score (nSPS) is 13.6. The lowest BCUT2D eigenvalue weighted by molar-refractivity contribution is 0.241. The molecule has 0 amide bonds. The van der Waals surface area contributed by atoms with E-state index in [1.54, 1.807) is 0 Å². The van der Waals surface area contributed by atoms with Crippen LogP contribution in [-0.4, -0.2) is 27.5 Å². The Balaban J connectivity index is 1.39. The maximum atomic E-state index is 4.89. The van der Waals surface area contributed by atoms with Crippen molar-refractivity contribution in [1.29, 1.82) is 0 Å². The molecule has 5 rings (SSSR count). The Bertz CT molecular complexity index is 1190. The largest absolute Gasteiger partial charge is 0.372 e. The van der Waals surface area contributed by atoms with E-state index in [-0.39, 0.29) is 0 Å². The zero-order valence-corrected chi connectivity index (χ0v) is 21.5. The van der Waals surface area contributed by atoms with Gasteiger partial charge in [-0.2, -0.15) is 0 Å². The van der Waals surface area contributed by atoms with Crippen molar-refractivity contribution in [3.8, 4) is 11.4 Å². The maximum Gasteiger partial charge on any atom is 0.140 e. The van der Waals surface area contributed by atoms with Gasteiger partial charge in [0.2, 0.25) is 0 Å². The summed E-state index contributed by atoms with van der Waals surface area (Å²) in [5.41, 5.74) is 6.53. The monoisotopic (exact) mass is 478 g/mol. The summed E-state index contributed by atoms with van der Waals surface area (Å²) < 4.78 is 2.44. The molecule has 1 fully saturated rings. The lowest BCUT2D eigenvalue weighted by atomic mass is 10.1. The van der Waals surface area contributed by atoms with Crippen molar-refractivity contribution in [2.75, 3.05) is 18.0 Å². The third-order valence-electron chi connectivity index (χ3n) is 7.15. The smallest absolute Gasteiger partial charge is 0.140 e. The van der Waals surface area contributed by atoms with E-state index in [1.165, 1.54) is 60.4 Å². The Hall–Kier alpha value is -3.37. The Morgan fingerprint density at radius 2 is 1.39 bits per heavy atom. The first kappa shape index (κ1) is 24.3. The van der Waals surface area contributed by atoms with Crippen LogP contribution in [0.3, 0.4) is 0 Å². The average molecular weight is 479 g/mol. The van der Waals surface area contributed by atoms with Crippen molar-refractivity contribution in [3.63, 3.8) is 0 Å². The van der Waals surface area contributed by atoms with Gasteiger partial charge in [0.25, 0.3) is 0 Å². The molecule has 186 valence electrons. The molecule has 0 spiro atoms. The van der Waals surface area contributed by atoms with E-state index < -0.39 is 0 Å². The van der Waals surface area contributed by atoms with Crippen molar-refractivity contribution in [2.24, 2.45) is 0 Å². The zero-order valence-electron chi connectivity index (χ0n) is 21.5. The fourth-order valence-electron chi connectivity index (χ4n) is 5.20. The first-order valence-electron chi connectivity index (χ1n) is 13.5. The molecule has 0 bridgehead atoms. The molecule has 1 saturated heterocycles. The predicted octanol–water partition coefficient (Wildman–Crippen LogP) is 7.15. The van der Waals surface area contributed by atoms with E-state index in [1.807, 2.05) is 0 Å². The number of aromatic nitrogens is 2. The standard InChI is InChI=1S/C32H38N4/c1-2-3-22-36-31(23-33-32(36)29-14-8-5-9-15-29)26-34(24-27-12-6-4-7-13-27)25-28-16-18-30(19-17-28)35-20-10-11-21-35/h4-9,12-19,23H,2-3,10-11,20-22,24-26H2,1H3. The van der Waals surface area contributed by atoms with Crippen molar-refractivity contribution >= 4 is 5.69 Å². The summed E-state index contributed by atoms with van der Waals surface area (Å²) in [4.78, 5) is 9.95. The van der Waals surface area contributed by atoms with Gasteiger partial charge in [0, 0.05) is 50.5 Å². The molecule has 0 unspecified atom stereocenters. The SMILES string of the molecule is CCCCn1c(CN(Cc2ccccc2)Cc2ccc(N3CCCC3)cc2)cnc1-c1ccccc1. The van der Waals surface area contributed by atoms with Gasteiger partial charge in [-0.25, -0.2) is 4.98 Å². The Morgan fingerprint density at radius 1 is 0.750 bits per heavy atom. The van der Waals surface area contributed by atoms with Crippen LogP contribution in [-0.2, 0) is 26.2 Å².